The molecule has 23 heavy (non-hydrogen) atoms. The maximum atomic E-state index is 13.0. The Balaban J connectivity index is 1.78. The first-order valence-electron chi connectivity index (χ1n) is 7.10. The van der Waals surface area contributed by atoms with E-state index in [0.29, 0.717) is 11.1 Å². The summed E-state index contributed by atoms with van der Waals surface area (Å²) in [6.07, 6.45) is -0.598. The lowest BCUT2D eigenvalue weighted by molar-refractivity contribution is -0.121. The van der Waals surface area contributed by atoms with E-state index in [2.05, 4.69) is 5.32 Å². The molecule has 0 aromatic heterocycles. The summed E-state index contributed by atoms with van der Waals surface area (Å²) >= 11 is 0. The minimum Gasteiger partial charge on any atom is -0.387 e. The zero-order valence-electron chi connectivity index (χ0n) is 12.2. The average molecular weight is 323 g/mol. The van der Waals surface area contributed by atoms with Crippen molar-refractivity contribution in [3.05, 3.63) is 71.0 Å². The topological polar surface area (TPSA) is 49.3 Å². The van der Waals surface area contributed by atoms with Gasteiger partial charge >= 0.3 is 0 Å². The molecule has 1 atom stereocenters. The quantitative estimate of drug-likeness (QED) is 0.859. The lowest BCUT2D eigenvalue weighted by atomic mass is 10.1. The number of rotatable bonds is 6. The first kappa shape index (κ1) is 17.0. The molecule has 0 aliphatic carbocycles. The number of halogens is 3. The lowest BCUT2D eigenvalue weighted by Gasteiger charge is -2.12. The molecular weight excluding hydrogens is 307 g/mol. The van der Waals surface area contributed by atoms with Crippen LogP contribution < -0.4 is 5.32 Å². The molecule has 2 aromatic carbocycles. The minimum absolute atomic E-state index is 0.0117. The summed E-state index contributed by atoms with van der Waals surface area (Å²) in [4.78, 5) is 11.7. The summed E-state index contributed by atoms with van der Waals surface area (Å²) in [5.74, 6) is -2.61. The number of nitrogens with one attached hydrogen (secondary N) is 1. The van der Waals surface area contributed by atoms with E-state index in [1.807, 2.05) is 0 Å². The molecule has 6 heteroatoms. The smallest absolute Gasteiger partial charge is 0.220 e. The monoisotopic (exact) mass is 323 g/mol. The van der Waals surface area contributed by atoms with Crippen LogP contribution in [0.4, 0.5) is 13.2 Å². The van der Waals surface area contributed by atoms with E-state index in [9.17, 15) is 23.1 Å². The molecule has 0 aliphatic rings. The maximum Gasteiger partial charge on any atom is 0.220 e. The van der Waals surface area contributed by atoms with Crippen molar-refractivity contribution < 1.29 is 23.1 Å². The third kappa shape index (κ3) is 5.10. The molecule has 122 valence electrons. The molecule has 0 saturated heterocycles. The fraction of sp³-hybridized carbons (Fsp3) is 0.235. The van der Waals surface area contributed by atoms with Crippen molar-refractivity contribution in [2.45, 2.75) is 18.9 Å². The molecule has 2 aromatic rings. The fourth-order valence-electron chi connectivity index (χ4n) is 2.05. The van der Waals surface area contributed by atoms with Gasteiger partial charge in [-0.3, -0.25) is 4.79 Å². The minimum atomic E-state index is -0.949. The van der Waals surface area contributed by atoms with Crippen LogP contribution in [-0.2, 0) is 11.2 Å². The van der Waals surface area contributed by atoms with Gasteiger partial charge in [0, 0.05) is 13.0 Å². The van der Waals surface area contributed by atoms with Gasteiger partial charge < -0.3 is 10.4 Å². The largest absolute Gasteiger partial charge is 0.387 e. The molecule has 0 saturated carbocycles. The Bertz CT molecular complexity index is 674. The molecule has 0 spiro atoms. The average Bonchev–Trinajstić information content (AvgIpc) is 2.54. The Labute approximate surface area is 131 Å². The highest BCUT2D eigenvalue weighted by Crippen LogP contribution is 2.13. The second kappa shape index (κ2) is 7.78. The number of hydrogen-bond acceptors (Lipinski definition) is 2. The van der Waals surface area contributed by atoms with Gasteiger partial charge in [-0.25, -0.2) is 13.2 Å². The Kier molecular flexibility index (Phi) is 5.76. The number of aliphatic hydroxyl groups excluding tert-OH is 1. The number of hydrogen-bond donors (Lipinski definition) is 2. The van der Waals surface area contributed by atoms with Crippen LogP contribution in [0.5, 0.6) is 0 Å². The lowest BCUT2D eigenvalue weighted by Crippen LogP contribution is -2.28. The number of aliphatic hydroxyl groups is 1. The molecule has 0 bridgehead atoms. The second-order valence-electron chi connectivity index (χ2n) is 5.12. The molecule has 0 fully saturated rings. The van der Waals surface area contributed by atoms with Crippen molar-refractivity contribution in [1.29, 1.82) is 0 Å². The Hall–Kier alpha value is -2.34. The van der Waals surface area contributed by atoms with E-state index in [0.717, 1.165) is 12.1 Å². The van der Waals surface area contributed by atoms with E-state index < -0.39 is 23.6 Å². The van der Waals surface area contributed by atoms with Crippen LogP contribution in [0.2, 0.25) is 0 Å². The Morgan fingerprint density at radius 1 is 1.04 bits per heavy atom. The van der Waals surface area contributed by atoms with Gasteiger partial charge in [0.2, 0.25) is 5.91 Å². The number of aryl methyl sites for hydroxylation is 1. The van der Waals surface area contributed by atoms with Crippen LogP contribution in [0.15, 0.2) is 42.5 Å². The summed E-state index contributed by atoms with van der Waals surface area (Å²) in [6, 6.07) is 8.81. The van der Waals surface area contributed by atoms with Crippen LogP contribution in [0.25, 0.3) is 0 Å². The van der Waals surface area contributed by atoms with E-state index in [-0.39, 0.29) is 25.3 Å². The van der Waals surface area contributed by atoms with Gasteiger partial charge in [-0.15, -0.1) is 0 Å². The normalized spacial score (nSPS) is 12.0. The molecule has 0 aliphatic heterocycles. The van der Waals surface area contributed by atoms with Crippen molar-refractivity contribution in [3.8, 4) is 0 Å². The number of carbonyl (C=O) groups is 1. The molecule has 0 heterocycles. The van der Waals surface area contributed by atoms with Gasteiger partial charge in [0.25, 0.3) is 0 Å². The van der Waals surface area contributed by atoms with Crippen LogP contribution in [-0.4, -0.2) is 17.6 Å². The second-order valence-corrected chi connectivity index (χ2v) is 5.12. The fourth-order valence-corrected chi connectivity index (χ4v) is 2.05. The first-order chi connectivity index (χ1) is 11.0. The van der Waals surface area contributed by atoms with E-state index in [4.69, 9.17) is 0 Å². The van der Waals surface area contributed by atoms with E-state index in [1.165, 1.54) is 30.3 Å². The number of benzene rings is 2. The van der Waals surface area contributed by atoms with Crippen molar-refractivity contribution in [3.63, 3.8) is 0 Å². The molecule has 1 unspecified atom stereocenters. The molecule has 2 rings (SSSR count). The number of amides is 1. The first-order valence-corrected chi connectivity index (χ1v) is 7.10. The van der Waals surface area contributed by atoms with Crippen LogP contribution in [0.1, 0.15) is 23.7 Å². The van der Waals surface area contributed by atoms with Gasteiger partial charge in [0.15, 0.2) is 11.6 Å². The third-order valence-electron chi connectivity index (χ3n) is 3.37. The van der Waals surface area contributed by atoms with Crippen LogP contribution in [0.3, 0.4) is 0 Å². The van der Waals surface area contributed by atoms with Gasteiger partial charge in [-0.1, -0.05) is 18.2 Å². The molecular formula is C17H16F3NO2. The number of carbonyl (C=O) groups excluding carboxylic acids is 1. The highest BCUT2D eigenvalue weighted by Gasteiger charge is 2.10. The summed E-state index contributed by atoms with van der Waals surface area (Å²) < 4.78 is 38.6. The zero-order valence-corrected chi connectivity index (χ0v) is 12.2. The van der Waals surface area contributed by atoms with Crippen molar-refractivity contribution in [2.24, 2.45) is 0 Å². The van der Waals surface area contributed by atoms with Crippen molar-refractivity contribution in [2.75, 3.05) is 6.54 Å². The van der Waals surface area contributed by atoms with Gasteiger partial charge in [0.05, 0.1) is 6.10 Å². The molecule has 3 nitrogen and oxygen atoms in total. The third-order valence-corrected chi connectivity index (χ3v) is 3.37. The predicted molar refractivity (Wildman–Crippen MR) is 79.0 cm³/mol. The highest BCUT2D eigenvalue weighted by molar-refractivity contribution is 5.76. The summed E-state index contributed by atoms with van der Waals surface area (Å²) in [7, 11) is 0. The van der Waals surface area contributed by atoms with Crippen LogP contribution in [0, 0.1) is 17.5 Å². The standard InChI is InChI=1S/C17H16F3NO2/c18-13-5-3-12(4-6-13)16(22)10-21-17(23)8-2-11-1-7-14(19)15(20)9-11/h1,3-7,9,16,22H,2,8,10H2,(H,21,23). The van der Waals surface area contributed by atoms with Gasteiger partial charge in [-0.05, 0) is 41.8 Å². The molecule has 2 N–H and O–H groups in total. The summed E-state index contributed by atoms with van der Waals surface area (Å²) in [5, 5.41) is 12.4. The van der Waals surface area contributed by atoms with Gasteiger partial charge in [-0.2, -0.15) is 0 Å². The van der Waals surface area contributed by atoms with Crippen LogP contribution >= 0.6 is 0 Å². The Morgan fingerprint density at radius 3 is 2.39 bits per heavy atom. The summed E-state index contributed by atoms with van der Waals surface area (Å²) in [6.45, 7) is -0.0117. The van der Waals surface area contributed by atoms with Crippen molar-refractivity contribution in [1.82, 2.24) is 5.32 Å². The van der Waals surface area contributed by atoms with E-state index >= 15 is 0 Å². The zero-order chi connectivity index (χ0) is 16.8. The summed E-state index contributed by atoms with van der Waals surface area (Å²) in [5.41, 5.74) is 1.01. The molecule has 1 amide bonds. The SMILES string of the molecule is O=C(CCc1ccc(F)c(F)c1)NCC(O)c1ccc(F)cc1. The predicted octanol–water partition coefficient (Wildman–Crippen LogP) is 2.89. The Morgan fingerprint density at radius 2 is 1.74 bits per heavy atom. The van der Waals surface area contributed by atoms with E-state index in [1.54, 1.807) is 0 Å². The van der Waals surface area contributed by atoms with Crippen molar-refractivity contribution >= 4 is 5.91 Å². The van der Waals surface area contributed by atoms with Gasteiger partial charge in [0.1, 0.15) is 5.82 Å². The maximum absolute atomic E-state index is 13.0. The highest BCUT2D eigenvalue weighted by atomic mass is 19.2. The molecule has 0 radical (unpaired) electrons.